The Kier molecular flexibility index (Phi) is 2.80. The molecule has 0 spiro atoms. The molecule has 2 aliphatic heterocycles. The van der Waals surface area contributed by atoms with Crippen LogP contribution in [0.25, 0.3) is 0 Å². The molecule has 6 nitrogen and oxygen atoms in total. The molecule has 16 heavy (non-hydrogen) atoms. The Labute approximate surface area is 92.8 Å². The molecule has 2 saturated heterocycles. The topological polar surface area (TPSA) is 77.9 Å². The Morgan fingerprint density at radius 3 is 2.56 bits per heavy atom. The number of nitrogens with zero attached hydrogens (tertiary/aromatic N) is 2. The van der Waals surface area contributed by atoms with Gasteiger partial charge in [-0.05, 0) is 19.3 Å². The van der Waals surface area contributed by atoms with Crippen LogP contribution in [0.15, 0.2) is 0 Å². The molecule has 6 heteroatoms. The number of carbonyl (C=O) groups is 3. The van der Waals surface area contributed by atoms with Crippen molar-refractivity contribution in [1.29, 1.82) is 0 Å². The summed E-state index contributed by atoms with van der Waals surface area (Å²) in [6.07, 6.45) is 2.15. The summed E-state index contributed by atoms with van der Waals surface area (Å²) in [4.78, 5) is 34.5. The number of carboxylic acid groups (broad SMARTS) is 1. The lowest BCUT2D eigenvalue weighted by Gasteiger charge is -2.41. The zero-order valence-corrected chi connectivity index (χ0v) is 8.89. The number of fused-ring (bicyclic) bond motifs is 1. The van der Waals surface area contributed by atoms with E-state index in [1.165, 1.54) is 5.01 Å². The van der Waals surface area contributed by atoms with Crippen LogP contribution >= 0.6 is 0 Å². The summed E-state index contributed by atoms with van der Waals surface area (Å²) in [5.74, 6) is -1.43. The van der Waals surface area contributed by atoms with Gasteiger partial charge in [0.2, 0.25) is 11.8 Å². The molecule has 0 bridgehead atoms. The quantitative estimate of drug-likeness (QED) is 0.682. The molecule has 0 aromatic rings. The fourth-order valence-electron chi connectivity index (χ4n) is 2.25. The first kappa shape index (κ1) is 10.9. The number of hydrazine groups is 1. The monoisotopic (exact) mass is 226 g/mol. The lowest BCUT2D eigenvalue weighted by molar-refractivity contribution is -0.179. The smallest absolute Gasteiger partial charge is 0.328 e. The standard InChI is InChI=1S/C10H14N2O4/c13-8-4-1-5-9(14)12-7(10(15)16)3-2-6-11(8)12/h7H,1-6H2,(H,15,16). The zero-order chi connectivity index (χ0) is 11.7. The summed E-state index contributed by atoms with van der Waals surface area (Å²) in [6, 6.07) is -0.872. The van der Waals surface area contributed by atoms with Gasteiger partial charge in [-0.15, -0.1) is 0 Å². The maximum Gasteiger partial charge on any atom is 0.328 e. The second kappa shape index (κ2) is 4.11. The van der Waals surface area contributed by atoms with E-state index in [4.69, 9.17) is 5.11 Å². The summed E-state index contributed by atoms with van der Waals surface area (Å²) in [7, 11) is 0. The van der Waals surface area contributed by atoms with Gasteiger partial charge in [-0.2, -0.15) is 0 Å². The second-order valence-corrected chi connectivity index (χ2v) is 4.11. The van der Waals surface area contributed by atoms with Gasteiger partial charge in [0.25, 0.3) is 0 Å². The summed E-state index contributed by atoms with van der Waals surface area (Å²) in [5, 5.41) is 11.5. The largest absolute Gasteiger partial charge is 0.480 e. The first-order valence-electron chi connectivity index (χ1n) is 5.46. The van der Waals surface area contributed by atoms with Gasteiger partial charge in [0.15, 0.2) is 6.04 Å². The highest BCUT2D eigenvalue weighted by molar-refractivity contribution is 5.88. The zero-order valence-electron chi connectivity index (χ0n) is 8.89. The first-order chi connectivity index (χ1) is 7.61. The normalized spacial score (nSPS) is 26.4. The van der Waals surface area contributed by atoms with Crippen LogP contribution in [0.5, 0.6) is 0 Å². The Morgan fingerprint density at radius 1 is 1.19 bits per heavy atom. The van der Waals surface area contributed by atoms with E-state index in [-0.39, 0.29) is 18.2 Å². The molecule has 2 heterocycles. The van der Waals surface area contributed by atoms with Crippen molar-refractivity contribution in [2.45, 2.75) is 38.1 Å². The van der Waals surface area contributed by atoms with Crippen LogP contribution in [0.1, 0.15) is 32.1 Å². The van der Waals surface area contributed by atoms with E-state index in [2.05, 4.69) is 0 Å². The Bertz CT molecular complexity index is 342. The van der Waals surface area contributed by atoms with Crippen molar-refractivity contribution in [3.05, 3.63) is 0 Å². The summed E-state index contributed by atoms with van der Waals surface area (Å²) in [5.41, 5.74) is 0. The highest BCUT2D eigenvalue weighted by Crippen LogP contribution is 2.24. The van der Waals surface area contributed by atoms with Crippen molar-refractivity contribution in [2.75, 3.05) is 6.54 Å². The van der Waals surface area contributed by atoms with Crippen LogP contribution < -0.4 is 0 Å². The molecule has 1 atom stereocenters. The van der Waals surface area contributed by atoms with Gasteiger partial charge in [-0.1, -0.05) is 0 Å². The number of carbonyl (C=O) groups excluding carboxylic acids is 2. The second-order valence-electron chi connectivity index (χ2n) is 4.11. The molecule has 0 aromatic heterocycles. The molecule has 88 valence electrons. The summed E-state index contributed by atoms with van der Waals surface area (Å²) >= 11 is 0. The number of aliphatic carboxylic acids is 1. The molecular formula is C10H14N2O4. The number of hydrogen-bond donors (Lipinski definition) is 1. The fraction of sp³-hybridized carbons (Fsp3) is 0.700. The molecule has 2 aliphatic rings. The highest BCUT2D eigenvalue weighted by atomic mass is 16.4. The molecule has 2 amide bonds. The number of hydrogen-bond acceptors (Lipinski definition) is 3. The Balaban J connectivity index is 2.30. The fourth-order valence-corrected chi connectivity index (χ4v) is 2.25. The van der Waals surface area contributed by atoms with Gasteiger partial charge in [-0.3, -0.25) is 14.6 Å². The summed E-state index contributed by atoms with van der Waals surface area (Å²) in [6.45, 7) is 0.453. The number of amides is 2. The van der Waals surface area contributed by atoms with Gasteiger partial charge < -0.3 is 5.11 Å². The lowest BCUT2D eigenvalue weighted by atomic mass is 10.1. The maximum absolute atomic E-state index is 11.8. The van der Waals surface area contributed by atoms with Gasteiger partial charge in [-0.25, -0.2) is 9.80 Å². The molecular weight excluding hydrogens is 212 g/mol. The molecule has 2 fully saturated rings. The van der Waals surface area contributed by atoms with Crippen molar-refractivity contribution in [3.63, 3.8) is 0 Å². The van der Waals surface area contributed by atoms with E-state index in [0.29, 0.717) is 32.2 Å². The predicted molar refractivity (Wildman–Crippen MR) is 53.1 cm³/mol. The van der Waals surface area contributed by atoms with E-state index in [0.717, 1.165) is 5.01 Å². The highest BCUT2D eigenvalue weighted by Gasteiger charge is 2.40. The Hall–Kier alpha value is -1.59. The minimum Gasteiger partial charge on any atom is -0.480 e. The molecule has 0 radical (unpaired) electrons. The molecule has 1 N–H and O–H groups in total. The van der Waals surface area contributed by atoms with E-state index in [9.17, 15) is 14.4 Å². The number of carboxylic acids is 1. The van der Waals surface area contributed by atoms with Crippen LogP contribution in [0.4, 0.5) is 0 Å². The molecule has 0 saturated carbocycles. The van der Waals surface area contributed by atoms with Gasteiger partial charge in [0, 0.05) is 19.4 Å². The third kappa shape index (κ3) is 1.75. The van der Waals surface area contributed by atoms with E-state index in [1.54, 1.807) is 0 Å². The summed E-state index contributed by atoms with van der Waals surface area (Å²) < 4.78 is 0. The van der Waals surface area contributed by atoms with Gasteiger partial charge >= 0.3 is 5.97 Å². The average Bonchev–Trinajstić information content (AvgIpc) is 2.40. The Morgan fingerprint density at radius 2 is 1.88 bits per heavy atom. The van der Waals surface area contributed by atoms with Crippen molar-refractivity contribution >= 4 is 17.8 Å². The maximum atomic E-state index is 11.8. The van der Waals surface area contributed by atoms with Crippen LogP contribution in [0.2, 0.25) is 0 Å². The number of rotatable bonds is 1. The lowest BCUT2D eigenvalue weighted by Crippen LogP contribution is -2.59. The van der Waals surface area contributed by atoms with Crippen LogP contribution in [0, 0.1) is 0 Å². The molecule has 0 aromatic carbocycles. The van der Waals surface area contributed by atoms with E-state index < -0.39 is 12.0 Å². The van der Waals surface area contributed by atoms with Crippen LogP contribution in [-0.2, 0) is 14.4 Å². The van der Waals surface area contributed by atoms with E-state index >= 15 is 0 Å². The average molecular weight is 226 g/mol. The minimum absolute atomic E-state index is 0.142. The van der Waals surface area contributed by atoms with Crippen molar-refractivity contribution in [2.24, 2.45) is 0 Å². The minimum atomic E-state index is -1.03. The first-order valence-corrected chi connectivity index (χ1v) is 5.46. The van der Waals surface area contributed by atoms with Gasteiger partial charge in [0.05, 0.1) is 0 Å². The van der Waals surface area contributed by atoms with Crippen molar-refractivity contribution < 1.29 is 19.5 Å². The van der Waals surface area contributed by atoms with Crippen molar-refractivity contribution in [1.82, 2.24) is 10.0 Å². The van der Waals surface area contributed by atoms with Crippen LogP contribution in [0.3, 0.4) is 0 Å². The van der Waals surface area contributed by atoms with Crippen molar-refractivity contribution in [3.8, 4) is 0 Å². The van der Waals surface area contributed by atoms with Crippen LogP contribution in [-0.4, -0.2) is 45.5 Å². The molecule has 2 rings (SSSR count). The molecule has 1 unspecified atom stereocenters. The predicted octanol–water partition coefficient (Wildman–Crippen LogP) is -0.0105. The molecule has 0 aliphatic carbocycles. The van der Waals surface area contributed by atoms with Gasteiger partial charge in [0.1, 0.15) is 0 Å². The van der Waals surface area contributed by atoms with E-state index in [1.807, 2.05) is 0 Å². The SMILES string of the molecule is O=C(O)C1CCCN2C(=O)CCCC(=O)N12. The third-order valence-electron chi connectivity index (χ3n) is 3.01. The third-order valence-corrected chi connectivity index (χ3v) is 3.01.